The van der Waals surface area contributed by atoms with E-state index < -0.39 is 11.9 Å². The number of carbonyl (C=O) groups is 2. The molecule has 0 aliphatic rings. The molecule has 0 bridgehead atoms. The first-order valence-electron chi connectivity index (χ1n) is 12.3. The molecule has 0 radical (unpaired) electrons. The van der Waals surface area contributed by atoms with Crippen molar-refractivity contribution in [2.45, 2.75) is 13.8 Å². The van der Waals surface area contributed by atoms with Crippen LogP contribution in [0.1, 0.15) is 33.5 Å². The predicted octanol–water partition coefficient (Wildman–Crippen LogP) is 5.94. The van der Waals surface area contributed by atoms with E-state index in [4.69, 9.17) is 13.9 Å². The van der Waals surface area contributed by atoms with E-state index in [9.17, 15) is 9.59 Å². The Kier molecular flexibility index (Phi) is 7.22. The van der Waals surface area contributed by atoms with Crippen molar-refractivity contribution >= 4 is 17.6 Å². The van der Waals surface area contributed by atoms with Crippen LogP contribution >= 0.6 is 0 Å². The van der Waals surface area contributed by atoms with E-state index in [1.165, 1.54) is 6.39 Å². The molecule has 1 N–H and O–H groups in total. The number of nitrogens with zero attached hydrogens (tertiary/aromatic N) is 3. The molecule has 0 saturated heterocycles. The van der Waals surface area contributed by atoms with Crippen molar-refractivity contribution < 1.29 is 23.5 Å². The molecule has 1 amide bonds. The van der Waals surface area contributed by atoms with Gasteiger partial charge in [0.05, 0.1) is 25.1 Å². The van der Waals surface area contributed by atoms with Crippen molar-refractivity contribution in [1.29, 1.82) is 0 Å². The summed E-state index contributed by atoms with van der Waals surface area (Å²) in [5.41, 5.74) is 4.80. The van der Waals surface area contributed by atoms with Gasteiger partial charge in [-0.2, -0.15) is 5.10 Å². The minimum Gasteiger partial charge on any atom is -0.497 e. The number of ether oxygens (including phenoxy) is 2. The Hall–Kier alpha value is -5.18. The van der Waals surface area contributed by atoms with E-state index in [1.54, 1.807) is 55.1 Å². The number of oxazole rings is 1. The van der Waals surface area contributed by atoms with Crippen LogP contribution in [-0.2, 0) is 4.74 Å². The Balaban J connectivity index is 1.47. The third-order valence-corrected chi connectivity index (χ3v) is 6.09. The van der Waals surface area contributed by atoms with Crippen molar-refractivity contribution in [2.24, 2.45) is 0 Å². The van der Waals surface area contributed by atoms with Crippen molar-refractivity contribution in [3.63, 3.8) is 0 Å². The van der Waals surface area contributed by atoms with Crippen LogP contribution in [0.4, 0.5) is 5.69 Å². The number of nitrogens with one attached hydrogen (secondary N) is 1. The fourth-order valence-electron chi connectivity index (χ4n) is 4.18. The maximum absolute atomic E-state index is 13.2. The van der Waals surface area contributed by atoms with Gasteiger partial charge in [-0.15, -0.1) is 0 Å². The second-order valence-electron chi connectivity index (χ2n) is 8.63. The van der Waals surface area contributed by atoms with E-state index in [0.29, 0.717) is 28.5 Å². The van der Waals surface area contributed by atoms with Gasteiger partial charge in [-0.25, -0.2) is 14.5 Å². The lowest BCUT2D eigenvalue weighted by molar-refractivity contribution is 0.0518. The zero-order valence-electron chi connectivity index (χ0n) is 21.7. The van der Waals surface area contributed by atoms with Gasteiger partial charge in [0.2, 0.25) is 0 Å². The van der Waals surface area contributed by atoms with E-state index in [1.807, 2.05) is 49.4 Å². The summed E-state index contributed by atoms with van der Waals surface area (Å²) < 4.78 is 17.6. The minimum absolute atomic E-state index is 0.153. The topological polar surface area (TPSA) is 108 Å². The van der Waals surface area contributed by atoms with Crippen molar-refractivity contribution in [3.8, 4) is 34.0 Å². The monoisotopic (exact) mass is 522 g/mol. The zero-order valence-corrected chi connectivity index (χ0v) is 21.7. The first-order valence-corrected chi connectivity index (χ1v) is 12.3. The Morgan fingerprint density at radius 3 is 2.51 bits per heavy atom. The molecule has 0 atom stereocenters. The number of carbonyl (C=O) groups excluding carboxylic acids is 2. The Morgan fingerprint density at radius 2 is 1.77 bits per heavy atom. The fraction of sp³-hybridized carbons (Fsp3) is 0.133. The molecular weight excluding hydrogens is 496 g/mol. The summed E-state index contributed by atoms with van der Waals surface area (Å²) in [6, 6.07) is 23.9. The predicted molar refractivity (Wildman–Crippen MR) is 146 cm³/mol. The number of esters is 1. The number of methoxy groups -OCH3 is 1. The van der Waals surface area contributed by atoms with E-state index in [2.05, 4.69) is 15.4 Å². The van der Waals surface area contributed by atoms with Gasteiger partial charge in [0.25, 0.3) is 5.91 Å². The fourth-order valence-corrected chi connectivity index (χ4v) is 4.18. The molecule has 5 rings (SSSR count). The maximum atomic E-state index is 13.2. The first-order chi connectivity index (χ1) is 19.0. The largest absolute Gasteiger partial charge is 0.497 e. The molecule has 0 aliphatic heterocycles. The van der Waals surface area contributed by atoms with Crippen LogP contribution in [0.3, 0.4) is 0 Å². The summed E-state index contributed by atoms with van der Waals surface area (Å²) in [5, 5.41) is 7.45. The molecule has 0 saturated carbocycles. The molecule has 0 spiro atoms. The molecule has 5 aromatic rings. The van der Waals surface area contributed by atoms with Gasteiger partial charge in [-0.3, -0.25) is 4.79 Å². The number of hydrogen-bond donors (Lipinski definition) is 1. The summed E-state index contributed by atoms with van der Waals surface area (Å²) in [4.78, 5) is 29.9. The number of benzene rings is 3. The molecule has 0 fully saturated rings. The van der Waals surface area contributed by atoms with Gasteiger partial charge in [0.1, 0.15) is 5.75 Å². The summed E-state index contributed by atoms with van der Waals surface area (Å²) in [5.74, 6) is 0.110. The third-order valence-electron chi connectivity index (χ3n) is 6.09. The number of para-hydroxylation sites is 1. The summed E-state index contributed by atoms with van der Waals surface area (Å²) in [7, 11) is 1.59. The number of rotatable bonds is 8. The van der Waals surface area contributed by atoms with Gasteiger partial charge in [0.15, 0.2) is 23.5 Å². The highest BCUT2D eigenvalue weighted by atomic mass is 16.5. The molecule has 0 aliphatic carbocycles. The van der Waals surface area contributed by atoms with Crippen LogP contribution < -0.4 is 10.1 Å². The van der Waals surface area contributed by atoms with Gasteiger partial charge in [-0.05, 0) is 67.9 Å². The highest BCUT2D eigenvalue weighted by Crippen LogP contribution is 2.29. The molecule has 39 heavy (non-hydrogen) atoms. The number of hydrogen-bond acceptors (Lipinski definition) is 7. The van der Waals surface area contributed by atoms with Crippen LogP contribution in [0.25, 0.3) is 28.3 Å². The van der Waals surface area contributed by atoms with Crippen LogP contribution in [0, 0.1) is 6.92 Å². The second kappa shape index (κ2) is 11.1. The Labute approximate surface area is 225 Å². The molecule has 0 unspecified atom stereocenters. The smallest absolute Gasteiger partial charge is 0.358 e. The highest BCUT2D eigenvalue weighted by molar-refractivity contribution is 6.06. The van der Waals surface area contributed by atoms with E-state index >= 15 is 0 Å². The number of amides is 1. The molecular formula is C30H26N4O5. The SMILES string of the molecule is CCOC(=O)c1cc(-c2cccc(NC(=O)c3ncoc3-c3ccc(OC)cc3)c2)n(-c2ccccc2C)n1. The molecule has 3 aromatic carbocycles. The van der Waals surface area contributed by atoms with Gasteiger partial charge < -0.3 is 19.2 Å². The average Bonchev–Trinajstić information content (AvgIpc) is 3.62. The molecule has 9 heteroatoms. The molecule has 196 valence electrons. The van der Waals surface area contributed by atoms with Gasteiger partial charge in [-0.1, -0.05) is 30.3 Å². The van der Waals surface area contributed by atoms with Gasteiger partial charge in [0, 0.05) is 16.8 Å². The number of aromatic nitrogens is 3. The lowest BCUT2D eigenvalue weighted by Crippen LogP contribution is -2.13. The Bertz CT molecular complexity index is 1640. The average molecular weight is 523 g/mol. The van der Waals surface area contributed by atoms with Crippen LogP contribution in [0.15, 0.2) is 89.7 Å². The third kappa shape index (κ3) is 5.28. The van der Waals surface area contributed by atoms with Crippen LogP contribution in [0.2, 0.25) is 0 Å². The quantitative estimate of drug-likeness (QED) is 0.251. The lowest BCUT2D eigenvalue weighted by atomic mass is 10.1. The highest BCUT2D eigenvalue weighted by Gasteiger charge is 2.21. The normalized spacial score (nSPS) is 10.7. The van der Waals surface area contributed by atoms with Crippen molar-refractivity contribution in [3.05, 3.63) is 102 Å². The summed E-state index contributed by atoms with van der Waals surface area (Å²) in [6.45, 7) is 3.96. The zero-order chi connectivity index (χ0) is 27.4. The molecule has 2 aromatic heterocycles. The van der Waals surface area contributed by atoms with Crippen molar-refractivity contribution in [2.75, 3.05) is 19.0 Å². The van der Waals surface area contributed by atoms with E-state index in [-0.39, 0.29) is 18.0 Å². The molecule has 2 heterocycles. The molecule has 9 nitrogen and oxygen atoms in total. The lowest BCUT2D eigenvalue weighted by Gasteiger charge is -2.11. The minimum atomic E-state index is -0.507. The standard InChI is InChI=1S/C30H26N4O5/c1-4-38-30(36)24-17-26(34(33-24)25-11-6-5-8-19(25)2)21-9-7-10-22(16-21)32-29(35)27-28(39-18-31-27)20-12-14-23(37-3)15-13-20/h5-18H,4H2,1-3H3,(H,32,35). The Morgan fingerprint density at radius 1 is 0.974 bits per heavy atom. The van der Waals surface area contributed by atoms with Crippen LogP contribution in [0.5, 0.6) is 5.75 Å². The summed E-state index contributed by atoms with van der Waals surface area (Å²) >= 11 is 0. The van der Waals surface area contributed by atoms with Gasteiger partial charge >= 0.3 is 5.97 Å². The van der Waals surface area contributed by atoms with E-state index in [0.717, 1.165) is 16.8 Å². The summed E-state index contributed by atoms with van der Waals surface area (Å²) in [6.07, 6.45) is 1.24. The second-order valence-corrected chi connectivity index (χ2v) is 8.63. The maximum Gasteiger partial charge on any atom is 0.358 e. The van der Waals surface area contributed by atoms with Crippen molar-refractivity contribution in [1.82, 2.24) is 14.8 Å². The number of anilines is 1. The number of aryl methyl sites for hydroxylation is 1. The van der Waals surface area contributed by atoms with Crippen LogP contribution in [-0.4, -0.2) is 40.4 Å². The first kappa shape index (κ1) is 25.5.